The monoisotopic (exact) mass is 200 g/mol. The molecule has 0 bridgehead atoms. The molecule has 0 heterocycles. The van der Waals surface area contributed by atoms with Crippen molar-refractivity contribution in [3.05, 3.63) is 0 Å². The van der Waals surface area contributed by atoms with Gasteiger partial charge in [-0.3, -0.25) is 19.2 Å². The van der Waals surface area contributed by atoms with E-state index >= 15 is 0 Å². The van der Waals surface area contributed by atoms with Crippen molar-refractivity contribution in [2.75, 3.05) is 6.54 Å². The number of carbonyl (C=O) groups is 4. The van der Waals surface area contributed by atoms with Gasteiger partial charge < -0.3 is 11.1 Å². The Morgan fingerprint density at radius 3 is 2.14 bits per heavy atom. The fourth-order valence-electron chi connectivity index (χ4n) is 0.743. The van der Waals surface area contributed by atoms with Crippen molar-refractivity contribution in [1.82, 2.24) is 5.32 Å². The second-order valence-electron chi connectivity index (χ2n) is 2.84. The number of rotatable bonds is 6. The summed E-state index contributed by atoms with van der Waals surface area (Å²) in [5.74, 6) is -2.04. The molecule has 0 unspecified atom stereocenters. The zero-order chi connectivity index (χ0) is 11.1. The van der Waals surface area contributed by atoms with Crippen LogP contribution in [0.5, 0.6) is 0 Å². The minimum Gasteiger partial charge on any atom is -0.369 e. The van der Waals surface area contributed by atoms with Crippen LogP contribution in [0.3, 0.4) is 0 Å². The number of nitrogens with two attached hydrogens (primary N) is 1. The van der Waals surface area contributed by atoms with Crippen LogP contribution in [0.15, 0.2) is 0 Å². The predicted octanol–water partition coefficient (Wildman–Crippen LogP) is -1.47. The van der Waals surface area contributed by atoms with Gasteiger partial charge in [-0.2, -0.15) is 0 Å². The lowest BCUT2D eigenvalue weighted by Crippen LogP contribution is -2.32. The van der Waals surface area contributed by atoms with Gasteiger partial charge >= 0.3 is 0 Å². The number of Topliss-reactive ketones (excluding diaryl/α,β-unsaturated/α-hetero) is 2. The highest BCUT2D eigenvalue weighted by atomic mass is 16.2. The van der Waals surface area contributed by atoms with E-state index < -0.39 is 24.0 Å². The first kappa shape index (κ1) is 12.3. The number of hydrogen-bond acceptors (Lipinski definition) is 4. The van der Waals surface area contributed by atoms with E-state index in [1.807, 2.05) is 0 Å². The number of nitrogens with one attached hydrogen (secondary N) is 1. The maximum atomic E-state index is 10.8. The average Bonchev–Trinajstić information content (AvgIpc) is 1.98. The molecule has 0 rings (SSSR count). The fraction of sp³-hybridized carbons (Fsp3) is 0.500. The smallest absolute Gasteiger partial charge is 0.227 e. The number of primary amides is 1. The van der Waals surface area contributed by atoms with Crippen LogP contribution in [0.2, 0.25) is 0 Å². The van der Waals surface area contributed by atoms with Crippen LogP contribution in [-0.2, 0) is 19.2 Å². The summed E-state index contributed by atoms with van der Waals surface area (Å²) in [6.45, 7) is 1.000. The standard InChI is InChI=1S/C8H12N2O4/c1-5(11)2-8(14)10-4-6(12)3-7(9)13/h2-4H2,1H3,(H2,9,13)(H,10,14). The first-order chi connectivity index (χ1) is 6.41. The summed E-state index contributed by atoms with van der Waals surface area (Å²) >= 11 is 0. The quantitative estimate of drug-likeness (QED) is 0.510. The van der Waals surface area contributed by atoms with Crippen molar-refractivity contribution in [3.63, 3.8) is 0 Å². The molecule has 0 aromatic heterocycles. The Morgan fingerprint density at radius 1 is 1.14 bits per heavy atom. The van der Waals surface area contributed by atoms with Gasteiger partial charge in [0.05, 0.1) is 19.4 Å². The molecule has 0 saturated carbocycles. The van der Waals surface area contributed by atoms with Gasteiger partial charge in [0.25, 0.3) is 0 Å². The third-order valence-electron chi connectivity index (χ3n) is 1.26. The highest BCUT2D eigenvalue weighted by molar-refractivity contribution is 6.01. The molecule has 2 amide bonds. The molecule has 0 aromatic carbocycles. The zero-order valence-electron chi connectivity index (χ0n) is 7.83. The summed E-state index contributed by atoms with van der Waals surface area (Å²) in [5, 5.41) is 2.20. The van der Waals surface area contributed by atoms with Crippen molar-refractivity contribution in [2.45, 2.75) is 19.8 Å². The van der Waals surface area contributed by atoms with E-state index in [9.17, 15) is 19.2 Å². The third-order valence-corrected chi connectivity index (χ3v) is 1.26. The van der Waals surface area contributed by atoms with Gasteiger partial charge in [0.2, 0.25) is 11.8 Å². The van der Waals surface area contributed by atoms with E-state index in [0.29, 0.717) is 0 Å². The van der Waals surface area contributed by atoms with Crippen LogP contribution in [0.4, 0.5) is 0 Å². The highest BCUT2D eigenvalue weighted by Crippen LogP contribution is 1.83. The van der Waals surface area contributed by atoms with E-state index in [0.717, 1.165) is 0 Å². The Balaban J connectivity index is 3.72. The van der Waals surface area contributed by atoms with Crippen LogP contribution in [0.25, 0.3) is 0 Å². The fourth-order valence-corrected chi connectivity index (χ4v) is 0.743. The number of amides is 2. The summed E-state index contributed by atoms with van der Waals surface area (Å²) in [7, 11) is 0. The van der Waals surface area contributed by atoms with Crippen LogP contribution < -0.4 is 11.1 Å². The highest BCUT2D eigenvalue weighted by Gasteiger charge is 2.09. The summed E-state index contributed by atoms with van der Waals surface area (Å²) in [5.41, 5.74) is 4.75. The molecule has 6 heteroatoms. The van der Waals surface area contributed by atoms with Gasteiger partial charge in [0, 0.05) is 0 Å². The maximum Gasteiger partial charge on any atom is 0.227 e. The molecule has 0 spiro atoms. The normalized spacial score (nSPS) is 9.21. The molecule has 0 aromatic rings. The average molecular weight is 200 g/mol. The van der Waals surface area contributed by atoms with E-state index in [1.165, 1.54) is 6.92 Å². The van der Waals surface area contributed by atoms with Crippen molar-refractivity contribution in [2.24, 2.45) is 5.73 Å². The van der Waals surface area contributed by atoms with Crippen molar-refractivity contribution < 1.29 is 19.2 Å². The summed E-state index contributed by atoms with van der Waals surface area (Å²) in [6.07, 6.45) is -0.662. The van der Waals surface area contributed by atoms with E-state index in [4.69, 9.17) is 5.73 Å². The largest absolute Gasteiger partial charge is 0.369 e. The number of ketones is 2. The molecule has 0 aliphatic heterocycles. The summed E-state index contributed by atoms with van der Waals surface area (Å²) in [6, 6.07) is 0. The van der Waals surface area contributed by atoms with E-state index in [1.54, 1.807) is 0 Å². The van der Waals surface area contributed by atoms with Crippen LogP contribution in [0.1, 0.15) is 19.8 Å². The van der Waals surface area contributed by atoms with Crippen molar-refractivity contribution in [3.8, 4) is 0 Å². The molecule has 78 valence electrons. The Labute approximate surface area is 80.8 Å². The van der Waals surface area contributed by atoms with Gasteiger partial charge in [-0.1, -0.05) is 0 Å². The predicted molar refractivity (Wildman–Crippen MR) is 47.1 cm³/mol. The Bertz CT molecular complexity index is 245. The Hall–Kier alpha value is -1.72. The van der Waals surface area contributed by atoms with Gasteiger partial charge in [-0.25, -0.2) is 0 Å². The number of hydrogen-bond donors (Lipinski definition) is 2. The third kappa shape index (κ3) is 6.96. The van der Waals surface area contributed by atoms with Crippen molar-refractivity contribution >= 4 is 23.4 Å². The van der Waals surface area contributed by atoms with Crippen LogP contribution in [0, 0.1) is 0 Å². The van der Waals surface area contributed by atoms with E-state index in [-0.39, 0.29) is 18.7 Å². The SMILES string of the molecule is CC(=O)CC(=O)NCC(=O)CC(N)=O. The second kappa shape index (κ2) is 5.85. The first-order valence-corrected chi connectivity index (χ1v) is 3.98. The van der Waals surface area contributed by atoms with Crippen molar-refractivity contribution in [1.29, 1.82) is 0 Å². The summed E-state index contributed by atoms with van der Waals surface area (Å²) in [4.78, 5) is 42.4. The Morgan fingerprint density at radius 2 is 1.71 bits per heavy atom. The molecule has 0 saturated heterocycles. The van der Waals surface area contributed by atoms with Crippen LogP contribution in [-0.4, -0.2) is 29.9 Å². The molecular weight excluding hydrogens is 188 g/mol. The molecule has 0 atom stereocenters. The van der Waals surface area contributed by atoms with Gasteiger partial charge in [-0.15, -0.1) is 0 Å². The van der Waals surface area contributed by atoms with Gasteiger partial charge in [0.15, 0.2) is 5.78 Å². The lowest BCUT2D eigenvalue weighted by atomic mass is 10.2. The zero-order valence-corrected chi connectivity index (χ0v) is 7.83. The summed E-state index contributed by atoms with van der Waals surface area (Å²) < 4.78 is 0. The molecule has 0 aliphatic carbocycles. The molecule has 0 aliphatic rings. The lowest BCUT2D eigenvalue weighted by Gasteiger charge is -2.01. The minimum atomic E-state index is -0.740. The van der Waals surface area contributed by atoms with Gasteiger partial charge in [-0.05, 0) is 6.92 Å². The second-order valence-corrected chi connectivity index (χ2v) is 2.84. The first-order valence-electron chi connectivity index (χ1n) is 3.98. The number of carbonyl (C=O) groups excluding carboxylic acids is 4. The van der Waals surface area contributed by atoms with E-state index in [2.05, 4.69) is 5.32 Å². The molecule has 6 nitrogen and oxygen atoms in total. The molecule has 14 heavy (non-hydrogen) atoms. The molecule has 0 radical (unpaired) electrons. The maximum absolute atomic E-state index is 10.8. The Kier molecular flexibility index (Phi) is 5.13. The molecular formula is C8H12N2O4. The van der Waals surface area contributed by atoms with Gasteiger partial charge in [0.1, 0.15) is 5.78 Å². The minimum absolute atomic E-state index is 0.260. The van der Waals surface area contributed by atoms with Crippen LogP contribution >= 0.6 is 0 Å². The molecule has 0 fully saturated rings. The topological polar surface area (TPSA) is 106 Å². The lowest BCUT2D eigenvalue weighted by molar-refractivity contribution is -0.131. The molecule has 3 N–H and O–H groups in total.